The predicted molar refractivity (Wildman–Crippen MR) is 126 cm³/mol. The van der Waals surface area contributed by atoms with Gasteiger partial charge in [0.2, 0.25) is 5.91 Å². The zero-order valence-electron chi connectivity index (χ0n) is 18.5. The van der Waals surface area contributed by atoms with Crippen LogP contribution in [-0.4, -0.2) is 25.1 Å². The van der Waals surface area contributed by atoms with Crippen molar-refractivity contribution in [1.82, 2.24) is 0 Å². The SMILES string of the molecule is CCCCOc1ccccc1C=CC(=O)Nc1sc2c(c1C(=O)OCC)CCC(C)C2. The minimum absolute atomic E-state index is 0.277. The normalized spacial score (nSPS) is 15.5. The number of nitrogens with one attached hydrogen (secondary N) is 1. The number of para-hydroxylation sites is 1. The first-order chi connectivity index (χ1) is 15.0. The second kappa shape index (κ2) is 11.1. The number of unbranched alkanes of at least 4 members (excludes halogenated alkanes) is 1. The van der Waals surface area contributed by atoms with E-state index >= 15 is 0 Å². The van der Waals surface area contributed by atoms with Crippen molar-refractivity contribution in [2.24, 2.45) is 5.92 Å². The van der Waals surface area contributed by atoms with Crippen molar-refractivity contribution in [2.45, 2.75) is 52.9 Å². The summed E-state index contributed by atoms with van der Waals surface area (Å²) in [5.74, 6) is 0.700. The van der Waals surface area contributed by atoms with E-state index in [4.69, 9.17) is 9.47 Å². The first kappa shape index (κ1) is 23.1. The quantitative estimate of drug-likeness (QED) is 0.300. The highest BCUT2D eigenvalue weighted by atomic mass is 32.1. The molecule has 1 atom stereocenters. The Balaban J connectivity index is 1.77. The average molecular weight is 442 g/mol. The molecule has 5 nitrogen and oxygen atoms in total. The lowest BCUT2D eigenvalue weighted by Gasteiger charge is -2.18. The van der Waals surface area contributed by atoms with Crippen LogP contribution in [-0.2, 0) is 22.4 Å². The van der Waals surface area contributed by atoms with Crippen LogP contribution < -0.4 is 10.1 Å². The van der Waals surface area contributed by atoms with Crippen molar-refractivity contribution >= 4 is 34.3 Å². The molecule has 1 N–H and O–H groups in total. The summed E-state index contributed by atoms with van der Waals surface area (Å²) >= 11 is 1.50. The number of anilines is 1. The fraction of sp³-hybridized carbons (Fsp3) is 0.440. The van der Waals surface area contributed by atoms with Gasteiger partial charge in [-0.15, -0.1) is 11.3 Å². The van der Waals surface area contributed by atoms with Crippen LogP contribution in [0.3, 0.4) is 0 Å². The van der Waals surface area contributed by atoms with Crippen LogP contribution in [0, 0.1) is 5.92 Å². The van der Waals surface area contributed by atoms with Crippen molar-refractivity contribution in [2.75, 3.05) is 18.5 Å². The highest BCUT2D eigenvalue weighted by Gasteiger charge is 2.28. The number of rotatable bonds is 9. The van der Waals surface area contributed by atoms with Crippen LogP contribution in [0.15, 0.2) is 30.3 Å². The maximum absolute atomic E-state index is 12.7. The molecule has 0 radical (unpaired) electrons. The number of hydrogen-bond donors (Lipinski definition) is 1. The van der Waals surface area contributed by atoms with Gasteiger partial charge in [-0.05, 0) is 56.2 Å². The predicted octanol–water partition coefficient (Wildman–Crippen LogP) is 5.88. The summed E-state index contributed by atoms with van der Waals surface area (Å²) in [5, 5.41) is 3.50. The number of fused-ring (bicyclic) bond motifs is 1. The smallest absolute Gasteiger partial charge is 0.341 e. The largest absolute Gasteiger partial charge is 0.493 e. The highest BCUT2D eigenvalue weighted by molar-refractivity contribution is 7.17. The minimum Gasteiger partial charge on any atom is -0.493 e. The molecule has 1 aliphatic rings. The van der Waals surface area contributed by atoms with Gasteiger partial charge in [-0.3, -0.25) is 4.79 Å². The summed E-state index contributed by atoms with van der Waals surface area (Å²) in [6.07, 6.45) is 8.09. The molecule has 0 aliphatic heterocycles. The first-order valence-corrected chi connectivity index (χ1v) is 11.9. The molecule has 1 amide bonds. The molecule has 2 aromatic rings. The summed E-state index contributed by atoms with van der Waals surface area (Å²) in [7, 11) is 0. The maximum Gasteiger partial charge on any atom is 0.341 e. The molecule has 31 heavy (non-hydrogen) atoms. The van der Waals surface area contributed by atoms with Gasteiger partial charge in [-0.25, -0.2) is 4.79 Å². The Morgan fingerprint density at radius 2 is 2.06 bits per heavy atom. The van der Waals surface area contributed by atoms with E-state index < -0.39 is 0 Å². The lowest BCUT2D eigenvalue weighted by Crippen LogP contribution is -2.15. The van der Waals surface area contributed by atoms with Crippen molar-refractivity contribution in [3.05, 3.63) is 51.9 Å². The summed E-state index contributed by atoms with van der Waals surface area (Å²) in [6, 6.07) is 7.65. The van der Waals surface area contributed by atoms with E-state index in [2.05, 4.69) is 19.2 Å². The van der Waals surface area contributed by atoms with E-state index in [1.165, 1.54) is 22.3 Å². The molecule has 166 valence electrons. The lowest BCUT2D eigenvalue weighted by molar-refractivity contribution is -0.111. The molecular formula is C25H31NO4S. The molecule has 0 fully saturated rings. The van der Waals surface area contributed by atoms with E-state index in [-0.39, 0.29) is 11.9 Å². The number of hydrogen-bond acceptors (Lipinski definition) is 5. The van der Waals surface area contributed by atoms with Gasteiger partial charge in [-0.1, -0.05) is 38.5 Å². The molecule has 1 unspecified atom stereocenters. The van der Waals surface area contributed by atoms with Crippen LogP contribution in [0.25, 0.3) is 6.08 Å². The standard InChI is InChI=1S/C25H31NO4S/c1-4-6-15-30-20-10-8-7-9-18(20)12-14-22(27)26-24-23(25(28)29-5-2)19-13-11-17(3)16-21(19)31-24/h7-10,12,14,17H,4-6,11,13,15-16H2,1-3H3,(H,26,27). The van der Waals surface area contributed by atoms with E-state index in [1.54, 1.807) is 13.0 Å². The number of benzene rings is 1. The number of carbonyl (C=O) groups is 2. The van der Waals surface area contributed by atoms with Gasteiger partial charge in [0.15, 0.2) is 0 Å². The van der Waals surface area contributed by atoms with Gasteiger partial charge in [0, 0.05) is 16.5 Å². The molecule has 6 heteroatoms. The maximum atomic E-state index is 12.7. The van der Waals surface area contributed by atoms with Gasteiger partial charge >= 0.3 is 5.97 Å². The summed E-state index contributed by atoms with van der Waals surface area (Å²) in [6.45, 7) is 7.08. The zero-order chi connectivity index (χ0) is 22.2. The van der Waals surface area contributed by atoms with Crippen LogP contribution in [0.2, 0.25) is 0 Å². The Bertz CT molecular complexity index is 947. The van der Waals surface area contributed by atoms with Crippen molar-refractivity contribution in [3.8, 4) is 5.75 Å². The second-order valence-corrected chi connectivity index (χ2v) is 8.94. The molecule has 1 aromatic heterocycles. The van der Waals surface area contributed by atoms with E-state index in [9.17, 15) is 9.59 Å². The highest BCUT2D eigenvalue weighted by Crippen LogP contribution is 2.40. The van der Waals surface area contributed by atoms with Crippen molar-refractivity contribution in [1.29, 1.82) is 0 Å². The topological polar surface area (TPSA) is 64.6 Å². The molecule has 0 spiro atoms. The molecule has 0 bridgehead atoms. The van der Waals surface area contributed by atoms with Gasteiger partial charge in [0.05, 0.1) is 18.8 Å². The monoisotopic (exact) mass is 441 g/mol. The fourth-order valence-corrected chi connectivity index (χ4v) is 5.05. The van der Waals surface area contributed by atoms with E-state index in [1.807, 2.05) is 24.3 Å². The molecular weight excluding hydrogens is 410 g/mol. The Morgan fingerprint density at radius 3 is 2.84 bits per heavy atom. The summed E-state index contributed by atoms with van der Waals surface area (Å²) in [4.78, 5) is 26.5. The second-order valence-electron chi connectivity index (χ2n) is 7.84. The van der Waals surface area contributed by atoms with Crippen molar-refractivity contribution < 1.29 is 19.1 Å². The Labute approximate surface area is 188 Å². The van der Waals surface area contributed by atoms with Gasteiger partial charge in [-0.2, -0.15) is 0 Å². The number of esters is 1. The third-order valence-electron chi connectivity index (χ3n) is 5.32. The molecule has 3 rings (SSSR count). The molecule has 0 saturated heterocycles. The fourth-order valence-electron chi connectivity index (χ4n) is 3.65. The summed E-state index contributed by atoms with van der Waals surface area (Å²) in [5.41, 5.74) is 2.41. The van der Waals surface area contributed by atoms with Crippen LogP contribution in [0.4, 0.5) is 5.00 Å². The van der Waals surface area contributed by atoms with Crippen LogP contribution >= 0.6 is 11.3 Å². The first-order valence-electron chi connectivity index (χ1n) is 11.1. The molecule has 0 saturated carbocycles. The van der Waals surface area contributed by atoms with Gasteiger partial charge in [0.25, 0.3) is 0 Å². The number of ether oxygens (including phenoxy) is 2. The number of carbonyl (C=O) groups excluding carboxylic acids is 2. The van der Waals surface area contributed by atoms with E-state index in [0.29, 0.717) is 29.7 Å². The summed E-state index contributed by atoms with van der Waals surface area (Å²) < 4.78 is 11.1. The Hall–Kier alpha value is -2.60. The van der Waals surface area contributed by atoms with Crippen LogP contribution in [0.5, 0.6) is 5.75 Å². The van der Waals surface area contributed by atoms with Crippen LogP contribution in [0.1, 0.15) is 66.4 Å². The van der Waals surface area contributed by atoms with Crippen molar-refractivity contribution in [3.63, 3.8) is 0 Å². The molecule has 1 heterocycles. The molecule has 1 aliphatic carbocycles. The third-order valence-corrected chi connectivity index (χ3v) is 6.49. The lowest BCUT2D eigenvalue weighted by atomic mass is 9.88. The Morgan fingerprint density at radius 1 is 1.26 bits per heavy atom. The third kappa shape index (κ3) is 5.97. The van der Waals surface area contributed by atoms with E-state index in [0.717, 1.165) is 49.0 Å². The Kier molecular flexibility index (Phi) is 8.29. The molecule has 1 aromatic carbocycles. The van der Waals surface area contributed by atoms with Gasteiger partial charge < -0.3 is 14.8 Å². The number of thiophene rings is 1. The van der Waals surface area contributed by atoms with Gasteiger partial charge in [0.1, 0.15) is 10.8 Å². The zero-order valence-corrected chi connectivity index (χ0v) is 19.3. The minimum atomic E-state index is -0.358. The average Bonchev–Trinajstić information content (AvgIpc) is 3.10. The number of amides is 1.